The molecular formula is C18H27N3O3. The van der Waals surface area contributed by atoms with Crippen LogP contribution in [0.15, 0.2) is 12.1 Å². The van der Waals surface area contributed by atoms with Crippen LogP contribution in [-0.4, -0.2) is 43.4 Å². The third kappa shape index (κ3) is 4.12. The van der Waals surface area contributed by atoms with E-state index in [1.165, 1.54) is 11.1 Å². The molecular weight excluding hydrogens is 306 g/mol. The highest BCUT2D eigenvalue weighted by Gasteiger charge is 2.24. The van der Waals surface area contributed by atoms with E-state index in [4.69, 9.17) is 9.47 Å². The molecule has 132 valence electrons. The van der Waals surface area contributed by atoms with Gasteiger partial charge < -0.3 is 20.1 Å². The average Bonchev–Trinajstić information content (AvgIpc) is 3.14. The Morgan fingerprint density at radius 1 is 1.33 bits per heavy atom. The van der Waals surface area contributed by atoms with Gasteiger partial charge in [-0.2, -0.15) is 0 Å². The van der Waals surface area contributed by atoms with Crippen molar-refractivity contribution in [1.29, 1.82) is 0 Å². The van der Waals surface area contributed by atoms with E-state index >= 15 is 0 Å². The molecule has 0 aliphatic carbocycles. The lowest BCUT2D eigenvalue weighted by molar-refractivity contribution is 0.174. The highest BCUT2D eigenvalue weighted by molar-refractivity contribution is 5.74. The van der Waals surface area contributed by atoms with Crippen LogP contribution in [0.2, 0.25) is 0 Å². The van der Waals surface area contributed by atoms with Crippen LogP contribution in [0.5, 0.6) is 11.5 Å². The molecule has 2 N–H and O–H groups in total. The van der Waals surface area contributed by atoms with E-state index in [1.54, 1.807) is 0 Å². The van der Waals surface area contributed by atoms with Gasteiger partial charge in [-0.05, 0) is 62.9 Å². The first kappa shape index (κ1) is 16.9. The molecule has 2 aliphatic heterocycles. The number of aryl methyl sites for hydroxylation is 1. The molecule has 0 aromatic heterocycles. The van der Waals surface area contributed by atoms with E-state index in [-0.39, 0.29) is 12.1 Å². The number of nitrogens with zero attached hydrogens (tertiary/aromatic N) is 1. The zero-order valence-corrected chi connectivity index (χ0v) is 14.7. The van der Waals surface area contributed by atoms with Crippen molar-refractivity contribution < 1.29 is 14.3 Å². The van der Waals surface area contributed by atoms with Crippen molar-refractivity contribution in [2.75, 3.05) is 26.4 Å². The summed E-state index contributed by atoms with van der Waals surface area (Å²) in [6.07, 6.45) is 1.12. The maximum absolute atomic E-state index is 11.7. The Bertz CT molecular complexity index is 603. The number of likely N-dealkylation sites (tertiary alicyclic amines) is 1. The maximum Gasteiger partial charge on any atom is 0.314 e. The van der Waals surface area contributed by atoms with Crippen molar-refractivity contribution in [3.63, 3.8) is 0 Å². The molecule has 3 rings (SSSR count). The van der Waals surface area contributed by atoms with Crippen molar-refractivity contribution in [1.82, 2.24) is 15.5 Å². The minimum Gasteiger partial charge on any atom is -0.454 e. The van der Waals surface area contributed by atoms with Crippen LogP contribution in [0.1, 0.15) is 31.4 Å². The molecule has 1 aromatic rings. The van der Waals surface area contributed by atoms with Gasteiger partial charge in [0.25, 0.3) is 0 Å². The normalized spacial score (nSPS) is 19.8. The first-order chi connectivity index (χ1) is 11.5. The molecule has 0 saturated carbocycles. The monoisotopic (exact) mass is 333 g/mol. The second-order valence-corrected chi connectivity index (χ2v) is 7.03. The van der Waals surface area contributed by atoms with Gasteiger partial charge in [0.2, 0.25) is 6.79 Å². The van der Waals surface area contributed by atoms with Crippen LogP contribution in [0, 0.1) is 12.8 Å². The first-order valence-electron chi connectivity index (χ1n) is 8.67. The number of hydrogen-bond donors (Lipinski definition) is 2. The van der Waals surface area contributed by atoms with Gasteiger partial charge in [-0.15, -0.1) is 0 Å². The summed E-state index contributed by atoms with van der Waals surface area (Å²) in [6, 6.07) is 4.25. The number of rotatable bonds is 5. The van der Waals surface area contributed by atoms with Gasteiger partial charge in [0.15, 0.2) is 11.5 Å². The van der Waals surface area contributed by atoms with E-state index in [0.29, 0.717) is 12.7 Å². The fourth-order valence-electron chi connectivity index (χ4n) is 3.27. The Morgan fingerprint density at radius 3 is 2.83 bits per heavy atom. The topological polar surface area (TPSA) is 62.8 Å². The molecule has 1 fully saturated rings. The summed E-state index contributed by atoms with van der Waals surface area (Å²) in [7, 11) is 0. The van der Waals surface area contributed by atoms with Crippen molar-refractivity contribution in [3.8, 4) is 11.5 Å². The van der Waals surface area contributed by atoms with Gasteiger partial charge in [-0.3, -0.25) is 4.90 Å². The standard InChI is InChI=1S/C18H27N3O3/c1-12(2)20-18(22)19-8-14-4-5-21(9-14)10-15-7-17-16(6-13(15)3)23-11-24-17/h6-7,12,14H,4-5,8-11H2,1-3H3,(H2,19,20,22). The molecule has 0 spiro atoms. The van der Waals surface area contributed by atoms with Crippen LogP contribution in [0.4, 0.5) is 4.79 Å². The Kier molecular flexibility index (Phi) is 5.14. The Labute approximate surface area is 143 Å². The molecule has 24 heavy (non-hydrogen) atoms. The van der Waals surface area contributed by atoms with Gasteiger partial charge in [-0.25, -0.2) is 4.79 Å². The fourth-order valence-corrected chi connectivity index (χ4v) is 3.27. The molecule has 1 saturated heterocycles. The zero-order valence-electron chi connectivity index (χ0n) is 14.7. The summed E-state index contributed by atoms with van der Waals surface area (Å²) >= 11 is 0. The van der Waals surface area contributed by atoms with Gasteiger partial charge >= 0.3 is 6.03 Å². The SMILES string of the molecule is Cc1cc2c(cc1CN1CCC(CNC(=O)NC(C)C)C1)OCO2. The molecule has 2 heterocycles. The van der Waals surface area contributed by atoms with Crippen molar-refractivity contribution in [2.24, 2.45) is 5.92 Å². The van der Waals surface area contributed by atoms with Crippen LogP contribution in [0.25, 0.3) is 0 Å². The van der Waals surface area contributed by atoms with E-state index in [2.05, 4.69) is 34.6 Å². The third-order valence-electron chi connectivity index (χ3n) is 4.57. The maximum atomic E-state index is 11.7. The molecule has 2 aliphatic rings. The number of amides is 2. The van der Waals surface area contributed by atoms with E-state index in [0.717, 1.165) is 44.1 Å². The second-order valence-electron chi connectivity index (χ2n) is 7.03. The molecule has 6 nitrogen and oxygen atoms in total. The predicted octanol–water partition coefficient (Wildman–Crippen LogP) is 2.25. The Morgan fingerprint density at radius 2 is 2.08 bits per heavy atom. The summed E-state index contributed by atoms with van der Waals surface area (Å²) in [5.41, 5.74) is 2.52. The lowest BCUT2D eigenvalue weighted by atomic mass is 10.1. The summed E-state index contributed by atoms with van der Waals surface area (Å²) in [4.78, 5) is 14.1. The largest absolute Gasteiger partial charge is 0.454 e. The number of ether oxygens (including phenoxy) is 2. The molecule has 1 unspecified atom stereocenters. The quantitative estimate of drug-likeness (QED) is 0.867. The van der Waals surface area contributed by atoms with Gasteiger partial charge in [-0.1, -0.05) is 0 Å². The van der Waals surface area contributed by atoms with Gasteiger partial charge in [0.05, 0.1) is 0 Å². The molecule has 0 radical (unpaired) electrons. The van der Waals surface area contributed by atoms with Crippen LogP contribution in [0.3, 0.4) is 0 Å². The lowest BCUT2D eigenvalue weighted by Crippen LogP contribution is -2.41. The number of fused-ring (bicyclic) bond motifs is 1. The number of urea groups is 1. The second kappa shape index (κ2) is 7.30. The van der Waals surface area contributed by atoms with Crippen molar-refractivity contribution >= 4 is 6.03 Å². The fraction of sp³-hybridized carbons (Fsp3) is 0.611. The van der Waals surface area contributed by atoms with E-state index < -0.39 is 0 Å². The van der Waals surface area contributed by atoms with E-state index in [1.807, 2.05) is 13.8 Å². The predicted molar refractivity (Wildman–Crippen MR) is 92.4 cm³/mol. The number of carbonyl (C=O) groups excluding carboxylic acids is 1. The van der Waals surface area contributed by atoms with Crippen LogP contribution < -0.4 is 20.1 Å². The summed E-state index contributed by atoms with van der Waals surface area (Å²) in [5, 5.41) is 5.83. The van der Waals surface area contributed by atoms with Crippen LogP contribution >= 0.6 is 0 Å². The highest BCUT2D eigenvalue weighted by atomic mass is 16.7. The third-order valence-corrected chi connectivity index (χ3v) is 4.57. The minimum absolute atomic E-state index is 0.0740. The molecule has 0 bridgehead atoms. The van der Waals surface area contributed by atoms with Crippen molar-refractivity contribution in [2.45, 2.75) is 39.8 Å². The van der Waals surface area contributed by atoms with Gasteiger partial charge in [0, 0.05) is 25.7 Å². The smallest absolute Gasteiger partial charge is 0.314 e. The Hall–Kier alpha value is -1.95. The number of nitrogens with one attached hydrogen (secondary N) is 2. The number of benzene rings is 1. The van der Waals surface area contributed by atoms with Crippen molar-refractivity contribution in [3.05, 3.63) is 23.3 Å². The zero-order chi connectivity index (χ0) is 17.1. The van der Waals surface area contributed by atoms with Gasteiger partial charge in [0.1, 0.15) is 0 Å². The Balaban J connectivity index is 1.49. The number of carbonyl (C=O) groups is 1. The van der Waals surface area contributed by atoms with E-state index in [9.17, 15) is 4.79 Å². The average molecular weight is 333 g/mol. The number of hydrogen-bond acceptors (Lipinski definition) is 4. The molecule has 6 heteroatoms. The van der Waals surface area contributed by atoms with Crippen LogP contribution in [-0.2, 0) is 6.54 Å². The molecule has 1 aromatic carbocycles. The molecule has 2 amide bonds. The lowest BCUT2D eigenvalue weighted by Gasteiger charge is -2.18. The summed E-state index contributed by atoms with van der Waals surface area (Å²) in [6.45, 7) is 10.1. The summed E-state index contributed by atoms with van der Waals surface area (Å²) < 4.78 is 10.9. The summed E-state index contributed by atoms with van der Waals surface area (Å²) in [5.74, 6) is 2.20. The first-order valence-corrected chi connectivity index (χ1v) is 8.67. The molecule has 1 atom stereocenters. The highest BCUT2D eigenvalue weighted by Crippen LogP contribution is 2.35. The minimum atomic E-state index is -0.0740.